The molecule has 0 bridgehead atoms. The Hall–Kier alpha value is -4.65. The van der Waals surface area contributed by atoms with Crippen LogP contribution < -0.4 is 20.3 Å². The highest BCUT2D eigenvalue weighted by atomic mass is 79.9. The number of hydrogen-bond donors (Lipinski definition) is 1. The molecule has 41 heavy (non-hydrogen) atoms. The highest BCUT2D eigenvalue weighted by Crippen LogP contribution is 2.38. The fourth-order valence-corrected chi connectivity index (χ4v) is 4.31. The van der Waals surface area contributed by atoms with Gasteiger partial charge in [0.2, 0.25) is 5.75 Å². The van der Waals surface area contributed by atoms with E-state index in [1.807, 2.05) is 6.92 Å². The number of amides is 1. The van der Waals surface area contributed by atoms with Gasteiger partial charge in [-0.05, 0) is 55.8 Å². The van der Waals surface area contributed by atoms with Gasteiger partial charge in [-0.15, -0.1) is 0 Å². The number of fused-ring (bicyclic) bond motifs is 1. The molecule has 3 aromatic carbocycles. The Bertz CT molecular complexity index is 1710. The van der Waals surface area contributed by atoms with Crippen LogP contribution in [0, 0.1) is 15.9 Å². The number of nitrogens with one attached hydrogen (secondary N) is 1. The van der Waals surface area contributed by atoms with Crippen LogP contribution in [-0.4, -0.2) is 39.9 Å². The fraction of sp³-hybridized carbons (Fsp3) is 0.214. The number of nitro benzene ring substituents is 1. The number of halogens is 2. The highest BCUT2D eigenvalue weighted by Gasteiger charge is 2.23. The lowest BCUT2D eigenvalue weighted by atomic mass is 10.2. The summed E-state index contributed by atoms with van der Waals surface area (Å²) < 4.78 is 26.4. The van der Waals surface area contributed by atoms with Crippen molar-refractivity contribution in [3.63, 3.8) is 0 Å². The minimum Gasteiger partial charge on any atom is -0.490 e. The monoisotopic (exact) mass is 625 g/mol. The number of anilines is 1. The normalized spacial score (nSPS) is 11.1. The number of carbonyl (C=O) groups excluding carboxylic acids is 1. The Morgan fingerprint density at radius 2 is 2.00 bits per heavy atom. The van der Waals surface area contributed by atoms with Crippen LogP contribution in [0.4, 0.5) is 15.8 Å². The molecule has 0 atom stereocenters. The molecule has 4 aromatic rings. The van der Waals surface area contributed by atoms with Gasteiger partial charge in [0.05, 0.1) is 28.6 Å². The molecule has 4 rings (SSSR count). The molecule has 0 saturated heterocycles. The SMILES string of the molecule is CCCc1nc2ccc(Br)cc2c(=O)n1N=Cc1cc(OCC)c(OCC(=O)Nc2cccc(F)c2)c([N+](=O)[O-])c1. The van der Waals surface area contributed by atoms with Crippen molar-refractivity contribution in [2.75, 3.05) is 18.5 Å². The van der Waals surface area contributed by atoms with Crippen LogP contribution in [0.5, 0.6) is 11.5 Å². The predicted octanol–water partition coefficient (Wildman–Crippen LogP) is 5.46. The Morgan fingerprint density at radius 3 is 2.71 bits per heavy atom. The number of rotatable bonds is 11. The lowest BCUT2D eigenvalue weighted by Crippen LogP contribution is -2.22. The van der Waals surface area contributed by atoms with Crippen LogP contribution >= 0.6 is 15.9 Å². The second kappa shape index (κ2) is 13.1. The molecular weight excluding hydrogens is 601 g/mol. The molecule has 0 radical (unpaired) electrons. The zero-order chi connectivity index (χ0) is 29.5. The van der Waals surface area contributed by atoms with E-state index in [1.165, 1.54) is 41.2 Å². The quantitative estimate of drug-likeness (QED) is 0.133. The summed E-state index contributed by atoms with van der Waals surface area (Å²) in [6, 6.07) is 13.1. The second-order valence-corrected chi connectivity index (χ2v) is 9.62. The van der Waals surface area contributed by atoms with E-state index in [0.717, 1.165) is 6.07 Å². The zero-order valence-corrected chi connectivity index (χ0v) is 23.7. The lowest BCUT2D eigenvalue weighted by molar-refractivity contribution is -0.385. The van der Waals surface area contributed by atoms with Crippen molar-refractivity contribution < 1.29 is 23.6 Å². The van der Waals surface area contributed by atoms with Crippen LogP contribution in [-0.2, 0) is 11.2 Å². The maximum atomic E-state index is 13.4. The van der Waals surface area contributed by atoms with Gasteiger partial charge in [-0.25, -0.2) is 9.37 Å². The molecule has 0 aliphatic heterocycles. The van der Waals surface area contributed by atoms with Gasteiger partial charge in [-0.3, -0.25) is 19.7 Å². The van der Waals surface area contributed by atoms with Crippen molar-refractivity contribution in [3.8, 4) is 11.5 Å². The van der Waals surface area contributed by atoms with Crippen molar-refractivity contribution in [1.82, 2.24) is 9.66 Å². The minimum absolute atomic E-state index is 0.00315. The summed E-state index contributed by atoms with van der Waals surface area (Å²) in [5.74, 6) is -1.01. The number of nitro groups is 1. The Balaban J connectivity index is 1.67. The second-order valence-electron chi connectivity index (χ2n) is 8.71. The summed E-state index contributed by atoms with van der Waals surface area (Å²) in [6.45, 7) is 3.18. The smallest absolute Gasteiger partial charge is 0.315 e. The molecule has 1 heterocycles. The van der Waals surface area contributed by atoms with Crippen LogP contribution in [0.3, 0.4) is 0 Å². The Labute approximate surface area is 241 Å². The van der Waals surface area contributed by atoms with Crippen LogP contribution in [0.25, 0.3) is 10.9 Å². The molecule has 0 fully saturated rings. The molecule has 1 N–H and O–H groups in total. The van der Waals surface area contributed by atoms with Crippen molar-refractivity contribution in [2.24, 2.45) is 5.10 Å². The van der Waals surface area contributed by atoms with Crippen LogP contribution in [0.2, 0.25) is 0 Å². The summed E-state index contributed by atoms with van der Waals surface area (Å²) in [7, 11) is 0. The van der Waals surface area contributed by atoms with Crippen molar-refractivity contribution >= 4 is 50.3 Å². The van der Waals surface area contributed by atoms with E-state index in [-0.39, 0.29) is 34.9 Å². The number of aryl methyl sites for hydroxylation is 1. The van der Waals surface area contributed by atoms with Gasteiger partial charge >= 0.3 is 5.69 Å². The number of carbonyl (C=O) groups is 1. The molecular formula is C28H25BrFN5O6. The van der Waals surface area contributed by atoms with E-state index in [1.54, 1.807) is 25.1 Å². The van der Waals surface area contributed by atoms with Gasteiger partial charge < -0.3 is 14.8 Å². The van der Waals surface area contributed by atoms with Gasteiger partial charge in [0, 0.05) is 28.2 Å². The highest BCUT2D eigenvalue weighted by molar-refractivity contribution is 9.10. The van der Waals surface area contributed by atoms with E-state index in [2.05, 4.69) is 31.3 Å². The minimum atomic E-state index is -0.677. The number of ether oxygens (including phenoxy) is 2. The number of nitrogens with zero attached hydrogens (tertiary/aromatic N) is 4. The van der Waals surface area contributed by atoms with Gasteiger partial charge in [0.1, 0.15) is 11.6 Å². The van der Waals surface area contributed by atoms with Crippen LogP contribution in [0.15, 0.2) is 69.0 Å². The number of benzene rings is 3. The third-order valence-electron chi connectivity index (χ3n) is 5.68. The van der Waals surface area contributed by atoms with Gasteiger partial charge in [-0.1, -0.05) is 28.9 Å². The van der Waals surface area contributed by atoms with Crippen molar-refractivity contribution in [1.29, 1.82) is 0 Å². The average Bonchev–Trinajstić information content (AvgIpc) is 2.92. The van der Waals surface area contributed by atoms with E-state index >= 15 is 0 Å². The first-order valence-electron chi connectivity index (χ1n) is 12.6. The summed E-state index contributed by atoms with van der Waals surface area (Å²) >= 11 is 3.36. The molecule has 0 aliphatic carbocycles. The first-order valence-corrected chi connectivity index (χ1v) is 13.4. The maximum Gasteiger partial charge on any atom is 0.315 e. The summed E-state index contributed by atoms with van der Waals surface area (Å²) in [4.78, 5) is 41.5. The summed E-state index contributed by atoms with van der Waals surface area (Å²) in [5, 5.41) is 19.1. The van der Waals surface area contributed by atoms with Gasteiger partial charge in [-0.2, -0.15) is 9.78 Å². The van der Waals surface area contributed by atoms with E-state index in [0.29, 0.717) is 34.0 Å². The van der Waals surface area contributed by atoms with Gasteiger partial charge in [0.15, 0.2) is 12.4 Å². The molecule has 1 amide bonds. The fourth-order valence-electron chi connectivity index (χ4n) is 3.95. The first-order chi connectivity index (χ1) is 19.7. The van der Waals surface area contributed by atoms with E-state index < -0.39 is 28.9 Å². The molecule has 11 nitrogen and oxygen atoms in total. The first kappa shape index (κ1) is 29.3. The van der Waals surface area contributed by atoms with E-state index in [9.17, 15) is 24.1 Å². The zero-order valence-electron chi connectivity index (χ0n) is 22.1. The molecule has 212 valence electrons. The van der Waals surface area contributed by atoms with E-state index in [4.69, 9.17) is 9.47 Å². The molecule has 0 aliphatic rings. The summed E-state index contributed by atoms with van der Waals surface area (Å²) in [6.07, 6.45) is 2.48. The Kier molecular flexibility index (Phi) is 9.40. The topological polar surface area (TPSA) is 138 Å². The predicted molar refractivity (Wildman–Crippen MR) is 155 cm³/mol. The van der Waals surface area contributed by atoms with Gasteiger partial charge in [0.25, 0.3) is 11.5 Å². The molecule has 0 saturated carbocycles. The standard InChI is InChI=1S/C28H25BrFN5O6/c1-3-6-25-33-22-10-9-18(29)13-21(22)28(37)34(25)31-15-17-11-23(35(38)39)27(24(12-17)40-4-2)41-16-26(36)32-20-8-5-7-19(30)14-20/h5,7-15H,3-4,6,16H2,1-2H3,(H,32,36). The average molecular weight is 626 g/mol. The molecule has 13 heteroatoms. The molecule has 0 spiro atoms. The third-order valence-corrected chi connectivity index (χ3v) is 6.17. The molecule has 0 unspecified atom stereocenters. The Morgan fingerprint density at radius 1 is 1.20 bits per heavy atom. The van der Waals surface area contributed by atoms with Crippen molar-refractivity contribution in [3.05, 3.63) is 96.7 Å². The number of aromatic nitrogens is 2. The van der Waals surface area contributed by atoms with Crippen LogP contribution in [0.1, 0.15) is 31.7 Å². The number of hydrogen-bond acceptors (Lipinski definition) is 8. The van der Waals surface area contributed by atoms with Crippen molar-refractivity contribution in [2.45, 2.75) is 26.7 Å². The third kappa shape index (κ3) is 7.11. The molecule has 1 aromatic heterocycles. The summed E-state index contributed by atoms with van der Waals surface area (Å²) in [5.41, 5.74) is 0.126. The maximum absolute atomic E-state index is 13.4. The lowest BCUT2D eigenvalue weighted by Gasteiger charge is -2.13. The largest absolute Gasteiger partial charge is 0.490 e.